The molecular weight excluding hydrogens is 743 g/mol. The topological polar surface area (TPSA) is 220 Å². The van der Waals surface area contributed by atoms with Crippen molar-refractivity contribution in [1.29, 1.82) is 0 Å². The zero-order valence-corrected chi connectivity index (χ0v) is 32.8. The van der Waals surface area contributed by atoms with E-state index in [4.69, 9.17) is 10.5 Å². The summed E-state index contributed by atoms with van der Waals surface area (Å²) in [6.07, 6.45) is 3.26. The molecule has 0 fully saturated rings. The molecule has 0 saturated carbocycles. The number of carbonyl (C=O) groups excluding carboxylic acids is 6. The van der Waals surface area contributed by atoms with E-state index in [-0.39, 0.29) is 63.8 Å². The Labute approximate surface area is 336 Å². The molecule has 2 aliphatic heterocycles. The van der Waals surface area contributed by atoms with Crippen LogP contribution in [-0.4, -0.2) is 92.7 Å². The summed E-state index contributed by atoms with van der Waals surface area (Å²) in [5.74, 6) is -3.42. The predicted molar refractivity (Wildman–Crippen MR) is 213 cm³/mol. The molecule has 0 aliphatic carbocycles. The summed E-state index contributed by atoms with van der Waals surface area (Å²) in [5.41, 5.74) is 8.78. The SMILES string of the molecule is CC(C)C[C@H](NC(=O)[C@@H]1COCc2cnnn2CCCCC(=O)NCC(=O)N2Cc3ccccc3C[C@H]2C(=O)N[C@@H](Cc2cccc3ccccc23)C(=O)N1)C(N)=O. The number of aryl methyl sites for hydroxylation is 1. The standard InChI is InChI=1S/C42H51N9O7/c1-26(2)18-33(39(43)54)46-41(56)35-25-58-24-31-21-45-49-51(31)17-8-7-16-37(52)44-22-38(53)50-23-30-12-4-3-11-28(30)20-36(50)42(57)47-34(40(55)48-35)19-29-14-9-13-27-10-5-6-15-32(27)29/h3-6,9-15,21,26,33-36H,7-8,16-20,22-25H2,1-2H3,(H2,43,54)(H,44,52)(H,46,56)(H,47,57)(H,48,55)/t33-,34-,35-,36-/m0/s1. The molecule has 1 aromatic heterocycles. The van der Waals surface area contributed by atoms with Gasteiger partial charge in [-0.15, -0.1) is 5.10 Å². The Bertz CT molecular complexity index is 2130. The molecular formula is C42H51N9O7. The van der Waals surface area contributed by atoms with E-state index in [1.807, 2.05) is 80.6 Å². The van der Waals surface area contributed by atoms with Crippen LogP contribution in [0.15, 0.2) is 72.9 Å². The number of nitrogens with zero attached hydrogens (tertiary/aromatic N) is 4. The van der Waals surface area contributed by atoms with Crippen molar-refractivity contribution in [3.8, 4) is 0 Å². The fourth-order valence-corrected chi connectivity index (χ4v) is 7.40. The van der Waals surface area contributed by atoms with Gasteiger partial charge in [0.2, 0.25) is 35.4 Å². The van der Waals surface area contributed by atoms with E-state index in [0.29, 0.717) is 25.1 Å². The van der Waals surface area contributed by atoms with Gasteiger partial charge in [0.15, 0.2) is 0 Å². The summed E-state index contributed by atoms with van der Waals surface area (Å²) in [4.78, 5) is 83.4. The van der Waals surface area contributed by atoms with Crippen LogP contribution in [0.2, 0.25) is 0 Å². The lowest BCUT2D eigenvalue weighted by Gasteiger charge is -2.37. The first-order valence-corrected chi connectivity index (χ1v) is 19.7. The maximum atomic E-state index is 14.5. The molecule has 16 nitrogen and oxygen atoms in total. The number of carbonyl (C=O) groups is 6. The number of aromatic nitrogens is 3. The second-order valence-electron chi connectivity index (χ2n) is 15.3. The number of nitrogens with one attached hydrogen (secondary N) is 4. The van der Waals surface area contributed by atoms with Crippen molar-refractivity contribution in [3.05, 3.63) is 95.3 Å². The second-order valence-corrected chi connectivity index (χ2v) is 15.3. The molecule has 16 heteroatoms. The molecule has 4 aromatic rings. The van der Waals surface area contributed by atoms with Crippen molar-refractivity contribution in [2.24, 2.45) is 11.7 Å². The first-order valence-electron chi connectivity index (χ1n) is 19.7. The first-order chi connectivity index (χ1) is 28.0. The molecule has 6 N–H and O–H groups in total. The minimum Gasteiger partial charge on any atom is -0.372 e. The van der Waals surface area contributed by atoms with Crippen LogP contribution in [0.4, 0.5) is 0 Å². The lowest BCUT2D eigenvalue weighted by atomic mass is 9.92. The molecule has 6 rings (SSSR count). The van der Waals surface area contributed by atoms with Crippen molar-refractivity contribution in [1.82, 2.24) is 41.2 Å². The van der Waals surface area contributed by atoms with E-state index in [2.05, 4.69) is 31.6 Å². The summed E-state index contributed by atoms with van der Waals surface area (Å²) in [5, 5.41) is 21.0. The third-order valence-electron chi connectivity index (χ3n) is 10.5. The first kappa shape index (κ1) is 41.5. The third-order valence-corrected chi connectivity index (χ3v) is 10.5. The molecule has 306 valence electrons. The summed E-state index contributed by atoms with van der Waals surface area (Å²) < 4.78 is 7.63. The average molecular weight is 794 g/mol. The molecule has 3 aromatic carbocycles. The van der Waals surface area contributed by atoms with Gasteiger partial charge >= 0.3 is 0 Å². The van der Waals surface area contributed by atoms with Gasteiger partial charge in [0.1, 0.15) is 24.2 Å². The van der Waals surface area contributed by atoms with Crippen molar-refractivity contribution >= 4 is 46.2 Å². The number of primary amides is 1. The number of nitrogens with two attached hydrogens (primary N) is 1. The average Bonchev–Trinajstić information content (AvgIpc) is 3.66. The number of benzene rings is 3. The fraction of sp³-hybridized carbons (Fsp3) is 0.429. The van der Waals surface area contributed by atoms with E-state index < -0.39 is 53.7 Å². The highest BCUT2D eigenvalue weighted by atomic mass is 16.5. The minimum atomic E-state index is -1.32. The third kappa shape index (κ3) is 10.6. The highest BCUT2D eigenvalue weighted by molar-refractivity contribution is 5.97. The Morgan fingerprint density at radius 3 is 2.50 bits per heavy atom. The van der Waals surface area contributed by atoms with Crippen molar-refractivity contribution in [2.45, 2.75) is 96.2 Å². The van der Waals surface area contributed by atoms with Gasteiger partial charge in [-0.25, -0.2) is 4.68 Å². The molecule has 0 bridgehead atoms. The predicted octanol–water partition coefficient (Wildman–Crippen LogP) is 1.43. The molecule has 0 saturated heterocycles. The monoisotopic (exact) mass is 793 g/mol. The normalized spacial score (nSPS) is 20.7. The summed E-state index contributed by atoms with van der Waals surface area (Å²) in [6, 6.07) is 16.3. The lowest BCUT2D eigenvalue weighted by Crippen LogP contribution is -2.61. The van der Waals surface area contributed by atoms with Crippen LogP contribution in [0.3, 0.4) is 0 Å². The molecule has 2 aliphatic rings. The summed E-state index contributed by atoms with van der Waals surface area (Å²) >= 11 is 0. The van der Waals surface area contributed by atoms with Crippen molar-refractivity contribution < 1.29 is 33.5 Å². The van der Waals surface area contributed by atoms with Gasteiger partial charge in [-0.2, -0.15) is 0 Å². The summed E-state index contributed by atoms with van der Waals surface area (Å²) in [7, 11) is 0. The Morgan fingerprint density at radius 2 is 1.71 bits per heavy atom. The van der Waals surface area contributed by atoms with E-state index in [9.17, 15) is 28.8 Å². The molecule has 0 unspecified atom stereocenters. The minimum absolute atomic E-state index is 0.0182. The maximum absolute atomic E-state index is 14.5. The Morgan fingerprint density at radius 1 is 0.948 bits per heavy atom. The van der Waals surface area contributed by atoms with Crippen molar-refractivity contribution in [3.63, 3.8) is 0 Å². The van der Waals surface area contributed by atoms with E-state index in [1.54, 1.807) is 4.68 Å². The van der Waals surface area contributed by atoms with Crippen LogP contribution >= 0.6 is 0 Å². The molecule has 4 atom stereocenters. The van der Waals surface area contributed by atoms with E-state index in [1.165, 1.54) is 11.1 Å². The number of hydrogen-bond acceptors (Lipinski definition) is 9. The smallest absolute Gasteiger partial charge is 0.245 e. The zero-order chi connectivity index (χ0) is 41.2. The maximum Gasteiger partial charge on any atom is 0.245 e. The van der Waals surface area contributed by atoms with Crippen LogP contribution in [0.25, 0.3) is 10.8 Å². The molecule has 6 amide bonds. The highest BCUT2D eigenvalue weighted by Crippen LogP contribution is 2.25. The van der Waals surface area contributed by atoms with E-state index in [0.717, 1.165) is 27.5 Å². The quantitative estimate of drug-likeness (QED) is 0.183. The van der Waals surface area contributed by atoms with Crippen molar-refractivity contribution in [2.75, 3.05) is 13.2 Å². The van der Waals surface area contributed by atoms with Gasteiger partial charge in [-0.05, 0) is 52.6 Å². The summed E-state index contributed by atoms with van der Waals surface area (Å²) in [6.45, 7) is 3.69. The van der Waals surface area contributed by atoms with Crippen LogP contribution in [0.5, 0.6) is 0 Å². The zero-order valence-electron chi connectivity index (χ0n) is 32.8. The molecule has 58 heavy (non-hydrogen) atoms. The number of amides is 6. The van der Waals surface area contributed by atoms with Gasteiger partial charge in [-0.1, -0.05) is 85.8 Å². The number of hydrogen-bond donors (Lipinski definition) is 5. The number of fused-ring (bicyclic) bond motifs is 4. The van der Waals surface area contributed by atoms with Gasteiger partial charge in [-0.3, -0.25) is 28.8 Å². The Balaban J connectivity index is 1.35. The number of rotatable bonds is 7. The van der Waals surface area contributed by atoms with Crippen LogP contribution in [0, 0.1) is 5.92 Å². The lowest BCUT2D eigenvalue weighted by molar-refractivity contribution is -0.143. The van der Waals surface area contributed by atoms with Gasteiger partial charge in [0.05, 0.1) is 31.6 Å². The molecule has 0 radical (unpaired) electrons. The van der Waals surface area contributed by atoms with Gasteiger partial charge in [0, 0.05) is 32.4 Å². The number of ether oxygens (including phenoxy) is 1. The Hall–Kier alpha value is -6.16. The van der Waals surface area contributed by atoms with Crippen LogP contribution in [-0.2, 0) is 66.0 Å². The van der Waals surface area contributed by atoms with Gasteiger partial charge in [0.25, 0.3) is 0 Å². The van der Waals surface area contributed by atoms with Crippen LogP contribution in [0.1, 0.15) is 61.9 Å². The second kappa shape index (κ2) is 19.3. The van der Waals surface area contributed by atoms with Gasteiger partial charge < -0.3 is 36.6 Å². The fourth-order valence-electron chi connectivity index (χ4n) is 7.40. The highest BCUT2D eigenvalue weighted by Gasteiger charge is 2.37. The largest absolute Gasteiger partial charge is 0.372 e. The Kier molecular flexibility index (Phi) is 13.8. The molecule has 0 spiro atoms. The van der Waals surface area contributed by atoms with E-state index >= 15 is 0 Å². The molecule has 3 heterocycles. The van der Waals surface area contributed by atoms with Crippen LogP contribution < -0.4 is 27.0 Å².